The van der Waals surface area contributed by atoms with Crippen molar-refractivity contribution in [2.75, 3.05) is 50.8 Å². The minimum Gasteiger partial charge on any atom is -0.450 e. The Bertz CT molecular complexity index is 985. The molecule has 0 unspecified atom stereocenters. The monoisotopic (exact) mass is 463 g/mol. The van der Waals surface area contributed by atoms with Crippen LogP contribution in [0.4, 0.5) is 23.7 Å². The fraction of sp³-hybridized carbons (Fsp3) is 0.522. The Morgan fingerprint density at radius 2 is 1.73 bits per heavy atom. The number of amides is 1. The lowest BCUT2D eigenvalue weighted by molar-refractivity contribution is 0.106. The highest BCUT2D eigenvalue weighted by Crippen LogP contribution is 2.32. The highest BCUT2D eigenvalue weighted by Gasteiger charge is 2.29. The van der Waals surface area contributed by atoms with Gasteiger partial charge in [-0.2, -0.15) is 4.39 Å². The molecule has 0 aliphatic carbocycles. The van der Waals surface area contributed by atoms with Crippen LogP contribution in [0.2, 0.25) is 0 Å². The van der Waals surface area contributed by atoms with Crippen LogP contribution in [0.25, 0.3) is 11.3 Å². The number of carbonyl (C=O) groups is 1. The number of rotatable bonds is 4. The van der Waals surface area contributed by atoms with E-state index in [1.807, 2.05) is 4.90 Å². The van der Waals surface area contributed by atoms with E-state index >= 15 is 0 Å². The highest BCUT2D eigenvalue weighted by molar-refractivity contribution is 5.75. The molecule has 4 heterocycles. The van der Waals surface area contributed by atoms with E-state index in [-0.39, 0.29) is 17.4 Å². The molecule has 33 heavy (non-hydrogen) atoms. The molecular formula is C23H28F3N5O2. The van der Waals surface area contributed by atoms with Gasteiger partial charge in [-0.1, -0.05) is 0 Å². The number of nitrogens with zero attached hydrogens (tertiary/aromatic N) is 5. The number of piperazine rings is 1. The molecule has 2 aromatic heterocycles. The van der Waals surface area contributed by atoms with Gasteiger partial charge >= 0.3 is 6.09 Å². The highest BCUT2D eigenvalue weighted by atomic mass is 19.1. The van der Waals surface area contributed by atoms with Crippen LogP contribution in [0.3, 0.4) is 0 Å². The largest absolute Gasteiger partial charge is 0.450 e. The van der Waals surface area contributed by atoms with Crippen molar-refractivity contribution in [2.45, 2.75) is 32.2 Å². The average Bonchev–Trinajstić information content (AvgIpc) is 3.08. The number of ether oxygens (including phenoxy) is 1. The number of pyridine rings is 2. The van der Waals surface area contributed by atoms with Crippen molar-refractivity contribution in [1.82, 2.24) is 19.8 Å². The minimum atomic E-state index is -0.847. The first-order chi connectivity index (χ1) is 16.0. The molecular weight excluding hydrogens is 435 g/mol. The van der Waals surface area contributed by atoms with Gasteiger partial charge in [-0.15, -0.1) is 0 Å². The number of carbonyl (C=O) groups excluding carboxylic acids is 1. The van der Waals surface area contributed by atoms with Crippen molar-refractivity contribution in [2.24, 2.45) is 0 Å². The molecule has 0 N–H and O–H groups in total. The lowest BCUT2D eigenvalue weighted by Gasteiger charge is -2.40. The number of hydrogen-bond acceptors (Lipinski definition) is 6. The summed E-state index contributed by atoms with van der Waals surface area (Å²) in [4.78, 5) is 25.7. The van der Waals surface area contributed by atoms with E-state index in [1.165, 1.54) is 6.07 Å². The number of halogens is 3. The molecule has 2 aliphatic heterocycles. The average molecular weight is 464 g/mol. The molecule has 4 rings (SSSR count). The Balaban J connectivity index is 1.44. The van der Waals surface area contributed by atoms with Crippen LogP contribution < -0.4 is 4.90 Å². The van der Waals surface area contributed by atoms with Crippen LogP contribution in [0, 0.1) is 17.6 Å². The first-order valence-corrected chi connectivity index (χ1v) is 11.3. The fourth-order valence-electron chi connectivity index (χ4n) is 4.64. The van der Waals surface area contributed by atoms with Crippen LogP contribution >= 0.6 is 0 Å². The lowest BCUT2D eigenvalue weighted by Crippen LogP contribution is -2.50. The molecule has 1 atom stereocenters. The first-order valence-electron chi connectivity index (χ1n) is 11.3. The van der Waals surface area contributed by atoms with Crippen LogP contribution in [0.1, 0.15) is 26.2 Å². The van der Waals surface area contributed by atoms with Gasteiger partial charge in [-0.3, -0.25) is 9.88 Å². The van der Waals surface area contributed by atoms with Crippen LogP contribution in [0.5, 0.6) is 0 Å². The zero-order chi connectivity index (χ0) is 23.4. The Hall–Kier alpha value is -2.88. The smallest absolute Gasteiger partial charge is 0.409 e. The molecule has 10 heteroatoms. The maximum atomic E-state index is 14.3. The van der Waals surface area contributed by atoms with Crippen molar-refractivity contribution < 1.29 is 22.7 Å². The number of anilines is 1. The van der Waals surface area contributed by atoms with Gasteiger partial charge in [0, 0.05) is 51.4 Å². The summed E-state index contributed by atoms with van der Waals surface area (Å²) in [5, 5.41) is 0. The quantitative estimate of drug-likeness (QED) is 0.645. The van der Waals surface area contributed by atoms with Gasteiger partial charge in [-0.25, -0.2) is 18.6 Å². The normalized spacial score (nSPS) is 19.9. The summed E-state index contributed by atoms with van der Waals surface area (Å²) < 4.78 is 47.2. The van der Waals surface area contributed by atoms with Crippen molar-refractivity contribution in [3.63, 3.8) is 0 Å². The molecule has 2 aliphatic rings. The zero-order valence-corrected chi connectivity index (χ0v) is 18.6. The van der Waals surface area contributed by atoms with Gasteiger partial charge < -0.3 is 14.5 Å². The zero-order valence-electron chi connectivity index (χ0n) is 18.6. The molecule has 0 saturated carbocycles. The van der Waals surface area contributed by atoms with Gasteiger partial charge in [0.25, 0.3) is 0 Å². The van der Waals surface area contributed by atoms with Crippen molar-refractivity contribution >= 4 is 11.8 Å². The third-order valence-electron chi connectivity index (χ3n) is 6.29. The molecule has 0 spiro atoms. The second-order valence-corrected chi connectivity index (χ2v) is 8.31. The summed E-state index contributed by atoms with van der Waals surface area (Å²) >= 11 is 0. The van der Waals surface area contributed by atoms with E-state index in [4.69, 9.17) is 4.74 Å². The third kappa shape index (κ3) is 5.38. The summed E-state index contributed by atoms with van der Waals surface area (Å²) in [6.07, 6.45) is 4.31. The molecule has 2 fully saturated rings. The van der Waals surface area contributed by atoms with Gasteiger partial charge in [-0.05, 0) is 32.3 Å². The van der Waals surface area contributed by atoms with Gasteiger partial charge in [0.1, 0.15) is 11.6 Å². The maximum Gasteiger partial charge on any atom is 0.409 e. The number of likely N-dealkylation sites (tertiary alicyclic amines) is 1. The Morgan fingerprint density at radius 1 is 1.00 bits per heavy atom. The van der Waals surface area contributed by atoms with E-state index in [0.29, 0.717) is 44.5 Å². The summed E-state index contributed by atoms with van der Waals surface area (Å²) in [7, 11) is 0. The van der Waals surface area contributed by atoms with E-state index in [0.717, 1.165) is 50.8 Å². The number of aromatic nitrogens is 2. The summed E-state index contributed by atoms with van der Waals surface area (Å²) in [5.41, 5.74) is 0.513. The fourth-order valence-corrected chi connectivity index (χ4v) is 4.64. The molecule has 0 aromatic carbocycles. The second-order valence-electron chi connectivity index (χ2n) is 8.31. The standard InChI is InChI=1S/C23H28F3N5O2/c1-2-33-23(32)31-6-3-4-18(5-7-31)29-8-10-30(11-9-29)20-13-17(25)14-27-21(20)19-12-16(24)15-28-22(19)26/h12-15,18H,2-11H2,1H3/t18-/m1/s1. The second kappa shape index (κ2) is 10.4. The van der Waals surface area contributed by atoms with E-state index in [2.05, 4.69) is 14.9 Å². The summed E-state index contributed by atoms with van der Waals surface area (Å²) in [6.45, 7) is 6.20. The molecule has 7 nitrogen and oxygen atoms in total. The van der Waals surface area contributed by atoms with Gasteiger partial charge in [0.15, 0.2) is 0 Å². The molecule has 0 bridgehead atoms. The molecule has 2 aromatic rings. The minimum absolute atomic E-state index is 0.0877. The van der Waals surface area contributed by atoms with Crippen molar-refractivity contribution in [3.8, 4) is 11.3 Å². The molecule has 0 radical (unpaired) electrons. The Kier molecular flexibility index (Phi) is 7.32. The van der Waals surface area contributed by atoms with Crippen LogP contribution in [-0.2, 0) is 4.74 Å². The van der Waals surface area contributed by atoms with E-state index in [9.17, 15) is 18.0 Å². The van der Waals surface area contributed by atoms with Crippen molar-refractivity contribution in [3.05, 3.63) is 42.1 Å². The molecule has 2 saturated heterocycles. The topological polar surface area (TPSA) is 61.8 Å². The summed E-state index contributed by atoms with van der Waals surface area (Å²) in [6, 6.07) is 2.69. The SMILES string of the molecule is CCOC(=O)N1CCC[C@@H](N2CCN(c3cc(F)cnc3-c3cc(F)cnc3F)CC2)CC1. The Morgan fingerprint density at radius 3 is 2.48 bits per heavy atom. The molecule has 178 valence electrons. The van der Waals surface area contributed by atoms with Crippen molar-refractivity contribution in [1.29, 1.82) is 0 Å². The van der Waals surface area contributed by atoms with Gasteiger partial charge in [0.05, 0.1) is 35.9 Å². The van der Waals surface area contributed by atoms with E-state index < -0.39 is 17.6 Å². The van der Waals surface area contributed by atoms with Crippen LogP contribution in [0.15, 0.2) is 24.5 Å². The van der Waals surface area contributed by atoms with Gasteiger partial charge in [0.2, 0.25) is 5.95 Å². The molecule has 1 amide bonds. The first kappa shape index (κ1) is 23.3. The predicted octanol–water partition coefficient (Wildman–Crippen LogP) is 3.69. The summed E-state index contributed by atoms with van der Waals surface area (Å²) in [5.74, 6) is -2.07. The lowest BCUT2D eigenvalue weighted by atomic mass is 10.1. The third-order valence-corrected chi connectivity index (χ3v) is 6.29. The Labute approximate surface area is 191 Å². The predicted molar refractivity (Wildman–Crippen MR) is 117 cm³/mol. The van der Waals surface area contributed by atoms with E-state index in [1.54, 1.807) is 11.8 Å². The maximum absolute atomic E-state index is 14.3. The van der Waals surface area contributed by atoms with Crippen LogP contribution in [-0.4, -0.2) is 77.8 Å². The number of hydrogen-bond donors (Lipinski definition) is 0.